The van der Waals surface area contributed by atoms with Crippen LogP contribution in [0.4, 0.5) is 0 Å². The van der Waals surface area contributed by atoms with E-state index in [0.29, 0.717) is 12.5 Å². The number of rotatable bonds is 6. The highest BCUT2D eigenvalue weighted by molar-refractivity contribution is 6.17. The van der Waals surface area contributed by atoms with Crippen LogP contribution in [-0.2, 0) is 16.2 Å². The number of ether oxygens (including phenoxy) is 1. The molecule has 0 saturated heterocycles. The summed E-state index contributed by atoms with van der Waals surface area (Å²) in [6.07, 6.45) is 5.29. The fourth-order valence-electron chi connectivity index (χ4n) is 1.77. The van der Waals surface area contributed by atoms with E-state index in [1.165, 1.54) is 0 Å². The van der Waals surface area contributed by atoms with Gasteiger partial charge in [-0.3, -0.25) is 0 Å². The van der Waals surface area contributed by atoms with Gasteiger partial charge in [0.15, 0.2) is 5.82 Å². The first-order valence-electron chi connectivity index (χ1n) is 5.73. The molecule has 1 heterocycles. The number of halogens is 1. The van der Waals surface area contributed by atoms with Gasteiger partial charge in [0.05, 0.1) is 5.88 Å². The van der Waals surface area contributed by atoms with Gasteiger partial charge in [0, 0.05) is 24.6 Å². The Hall–Kier alpha value is -0.670. The van der Waals surface area contributed by atoms with Gasteiger partial charge in [0.2, 0.25) is 0 Å². The largest absolute Gasteiger partial charge is 0.367 e. The quantitative estimate of drug-likeness (QED) is 0.719. The van der Waals surface area contributed by atoms with Crippen LogP contribution in [0, 0.1) is 0 Å². The van der Waals surface area contributed by atoms with Crippen molar-refractivity contribution in [3.63, 3.8) is 0 Å². The Morgan fingerprint density at radius 2 is 1.75 bits per heavy atom. The minimum Gasteiger partial charge on any atom is -0.367 e. The molecular weight excluding hydrogens is 224 g/mol. The molecule has 0 unspecified atom stereocenters. The molecule has 0 bridgehead atoms. The number of nitrogens with zero attached hydrogens (tertiary/aromatic N) is 2. The Kier molecular flexibility index (Phi) is 5.16. The number of hydrogen-bond donors (Lipinski definition) is 0. The molecule has 0 saturated carbocycles. The van der Waals surface area contributed by atoms with Crippen LogP contribution in [0.15, 0.2) is 12.4 Å². The van der Waals surface area contributed by atoms with Crippen LogP contribution in [0.2, 0.25) is 0 Å². The van der Waals surface area contributed by atoms with E-state index in [1.54, 1.807) is 12.4 Å². The van der Waals surface area contributed by atoms with E-state index >= 15 is 0 Å². The molecule has 0 fully saturated rings. The van der Waals surface area contributed by atoms with E-state index in [4.69, 9.17) is 16.3 Å². The molecule has 0 radical (unpaired) electrons. The van der Waals surface area contributed by atoms with Crippen LogP contribution in [-0.4, -0.2) is 16.6 Å². The third-order valence-electron chi connectivity index (χ3n) is 2.83. The maximum atomic E-state index is 5.83. The molecule has 0 N–H and O–H groups in total. The fraction of sp³-hybridized carbons (Fsp3) is 0.667. The smallest absolute Gasteiger partial charge is 0.160 e. The molecule has 4 heteroatoms. The van der Waals surface area contributed by atoms with Gasteiger partial charge in [0.1, 0.15) is 5.60 Å². The molecule has 16 heavy (non-hydrogen) atoms. The standard InChI is InChI=1S/C12H19ClN2O/c1-4-12(5-2,16-6-3)11-14-8-10(7-13)9-15-11/h8-9H,4-7H2,1-3H3. The molecule has 1 aromatic rings. The van der Waals surface area contributed by atoms with Crippen LogP contribution in [0.1, 0.15) is 45.0 Å². The summed E-state index contributed by atoms with van der Waals surface area (Å²) in [5, 5.41) is 0. The highest BCUT2D eigenvalue weighted by Gasteiger charge is 2.31. The minimum absolute atomic E-state index is 0.348. The molecule has 1 rings (SSSR count). The van der Waals surface area contributed by atoms with Gasteiger partial charge >= 0.3 is 0 Å². The van der Waals surface area contributed by atoms with Gasteiger partial charge in [-0.25, -0.2) is 9.97 Å². The highest BCUT2D eigenvalue weighted by atomic mass is 35.5. The van der Waals surface area contributed by atoms with E-state index in [9.17, 15) is 0 Å². The maximum Gasteiger partial charge on any atom is 0.160 e. The topological polar surface area (TPSA) is 35.0 Å². The zero-order chi connectivity index (χ0) is 12.0. The zero-order valence-electron chi connectivity index (χ0n) is 10.2. The van der Waals surface area contributed by atoms with Crippen LogP contribution in [0.5, 0.6) is 0 Å². The molecule has 0 aliphatic carbocycles. The lowest BCUT2D eigenvalue weighted by Crippen LogP contribution is -2.30. The summed E-state index contributed by atoms with van der Waals surface area (Å²) in [5.41, 5.74) is 0.586. The van der Waals surface area contributed by atoms with Gasteiger partial charge in [-0.2, -0.15) is 0 Å². The lowest BCUT2D eigenvalue weighted by molar-refractivity contribution is -0.0571. The summed E-state index contributed by atoms with van der Waals surface area (Å²) in [6.45, 7) is 6.85. The van der Waals surface area contributed by atoms with Gasteiger partial charge in [-0.1, -0.05) is 13.8 Å². The number of hydrogen-bond acceptors (Lipinski definition) is 3. The van der Waals surface area contributed by atoms with E-state index in [0.717, 1.165) is 24.2 Å². The summed E-state index contributed by atoms with van der Waals surface area (Å²) in [5.74, 6) is 1.20. The average Bonchev–Trinajstić information content (AvgIpc) is 2.36. The lowest BCUT2D eigenvalue weighted by atomic mass is 9.96. The van der Waals surface area contributed by atoms with Crippen molar-refractivity contribution in [1.82, 2.24) is 9.97 Å². The normalized spacial score (nSPS) is 11.8. The van der Waals surface area contributed by atoms with Crippen molar-refractivity contribution < 1.29 is 4.74 Å². The van der Waals surface area contributed by atoms with Crippen molar-refractivity contribution in [1.29, 1.82) is 0 Å². The monoisotopic (exact) mass is 242 g/mol. The Balaban J connectivity index is 3.00. The molecule has 1 aromatic heterocycles. The summed E-state index contributed by atoms with van der Waals surface area (Å²) in [7, 11) is 0. The van der Waals surface area contributed by atoms with Crippen LogP contribution in [0.3, 0.4) is 0 Å². The van der Waals surface area contributed by atoms with Gasteiger partial charge in [-0.15, -0.1) is 11.6 Å². The van der Waals surface area contributed by atoms with Crippen molar-refractivity contribution >= 4 is 11.6 Å². The SMILES string of the molecule is CCOC(CC)(CC)c1ncc(CCl)cn1. The predicted molar refractivity (Wildman–Crippen MR) is 65.5 cm³/mol. The molecule has 3 nitrogen and oxygen atoms in total. The van der Waals surface area contributed by atoms with Crippen molar-refractivity contribution in [3.05, 3.63) is 23.8 Å². The van der Waals surface area contributed by atoms with Crippen molar-refractivity contribution in [2.75, 3.05) is 6.61 Å². The summed E-state index contributed by atoms with van der Waals surface area (Å²) in [4.78, 5) is 8.72. The summed E-state index contributed by atoms with van der Waals surface area (Å²) in [6, 6.07) is 0. The Labute approximate surface area is 102 Å². The van der Waals surface area contributed by atoms with E-state index in [1.807, 2.05) is 6.92 Å². The van der Waals surface area contributed by atoms with Crippen molar-refractivity contribution in [2.45, 2.75) is 45.1 Å². The lowest BCUT2D eigenvalue weighted by Gasteiger charge is -2.29. The molecule has 0 aliphatic heterocycles. The van der Waals surface area contributed by atoms with Crippen LogP contribution < -0.4 is 0 Å². The molecule has 0 aliphatic rings. The third kappa shape index (κ3) is 2.71. The molecule has 0 atom stereocenters. The minimum atomic E-state index is -0.348. The molecule has 0 aromatic carbocycles. The molecular formula is C12H19ClN2O. The first kappa shape index (κ1) is 13.4. The Bertz CT molecular complexity index is 309. The molecule has 0 amide bonds. The fourth-order valence-corrected chi connectivity index (χ4v) is 1.91. The Morgan fingerprint density at radius 3 is 2.12 bits per heavy atom. The predicted octanol–water partition coefficient (Wildman–Crippen LogP) is 3.27. The maximum absolute atomic E-state index is 5.83. The second-order valence-corrected chi connectivity index (χ2v) is 3.95. The molecule has 90 valence electrons. The average molecular weight is 243 g/mol. The van der Waals surface area contributed by atoms with Gasteiger partial charge < -0.3 is 4.74 Å². The van der Waals surface area contributed by atoms with Gasteiger partial charge in [0.25, 0.3) is 0 Å². The van der Waals surface area contributed by atoms with Gasteiger partial charge in [-0.05, 0) is 19.8 Å². The van der Waals surface area contributed by atoms with Crippen LogP contribution in [0.25, 0.3) is 0 Å². The Morgan fingerprint density at radius 1 is 1.19 bits per heavy atom. The highest BCUT2D eigenvalue weighted by Crippen LogP contribution is 2.30. The van der Waals surface area contributed by atoms with Crippen molar-refractivity contribution in [2.24, 2.45) is 0 Å². The second-order valence-electron chi connectivity index (χ2n) is 3.68. The van der Waals surface area contributed by atoms with E-state index in [-0.39, 0.29) is 5.60 Å². The first-order chi connectivity index (χ1) is 7.72. The zero-order valence-corrected chi connectivity index (χ0v) is 10.9. The summed E-state index contributed by atoms with van der Waals surface area (Å²) >= 11 is 5.71. The first-order valence-corrected chi connectivity index (χ1v) is 6.27. The second kappa shape index (κ2) is 6.16. The number of alkyl halides is 1. The van der Waals surface area contributed by atoms with E-state index in [2.05, 4.69) is 23.8 Å². The molecule has 0 spiro atoms. The third-order valence-corrected chi connectivity index (χ3v) is 3.14. The number of aromatic nitrogens is 2. The van der Waals surface area contributed by atoms with Crippen LogP contribution >= 0.6 is 11.6 Å². The van der Waals surface area contributed by atoms with Crippen molar-refractivity contribution in [3.8, 4) is 0 Å². The van der Waals surface area contributed by atoms with E-state index < -0.39 is 0 Å². The summed E-state index contributed by atoms with van der Waals surface area (Å²) < 4.78 is 5.83.